The standard InChI is InChI=1S/C14H19N3S2/c1-9-11(15-5)16-13(14(2,3)4)17-12(9)19-10-7-6-8-18-10/h6-8H,1-5H3,(H,15,16,17). The van der Waals surface area contributed by atoms with Crippen molar-refractivity contribution >= 4 is 28.9 Å². The maximum atomic E-state index is 4.75. The lowest BCUT2D eigenvalue weighted by Gasteiger charge is -2.19. The third kappa shape index (κ3) is 3.28. The Bertz CT molecular complexity index is 557. The SMILES string of the molecule is CNc1nc(C(C)(C)C)nc(Sc2cccs2)c1C. The first-order chi connectivity index (χ1) is 8.91. The Balaban J connectivity index is 2.46. The van der Waals surface area contributed by atoms with Gasteiger partial charge in [0.1, 0.15) is 16.7 Å². The largest absolute Gasteiger partial charge is 0.373 e. The smallest absolute Gasteiger partial charge is 0.137 e. The lowest BCUT2D eigenvalue weighted by atomic mass is 9.95. The van der Waals surface area contributed by atoms with Crippen LogP contribution in [0.1, 0.15) is 32.2 Å². The highest BCUT2D eigenvalue weighted by Crippen LogP contribution is 2.35. The fraction of sp³-hybridized carbons (Fsp3) is 0.429. The molecule has 0 aliphatic heterocycles. The van der Waals surface area contributed by atoms with Crippen molar-refractivity contribution < 1.29 is 0 Å². The van der Waals surface area contributed by atoms with Gasteiger partial charge in [0.2, 0.25) is 0 Å². The van der Waals surface area contributed by atoms with Gasteiger partial charge in [-0.2, -0.15) is 0 Å². The molecule has 0 saturated carbocycles. The minimum absolute atomic E-state index is 0.0515. The Morgan fingerprint density at radius 2 is 2.00 bits per heavy atom. The molecule has 0 bridgehead atoms. The average molecular weight is 293 g/mol. The normalized spacial score (nSPS) is 11.6. The van der Waals surface area contributed by atoms with Crippen molar-refractivity contribution in [2.24, 2.45) is 0 Å². The summed E-state index contributed by atoms with van der Waals surface area (Å²) in [5, 5.41) is 6.29. The summed E-state index contributed by atoms with van der Waals surface area (Å²) < 4.78 is 1.25. The average Bonchev–Trinajstić information content (AvgIpc) is 2.83. The van der Waals surface area contributed by atoms with E-state index in [0.717, 1.165) is 22.2 Å². The number of aromatic nitrogens is 2. The Hall–Kier alpha value is -1.07. The van der Waals surface area contributed by atoms with Gasteiger partial charge in [-0.3, -0.25) is 0 Å². The highest BCUT2D eigenvalue weighted by Gasteiger charge is 2.21. The third-order valence-corrected chi connectivity index (χ3v) is 4.83. The predicted octanol–water partition coefficient (Wildman–Crippen LogP) is 4.34. The molecule has 0 saturated heterocycles. The number of hydrogen-bond acceptors (Lipinski definition) is 5. The van der Waals surface area contributed by atoms with Crippen LogP contribution in [0.25, 0.3) is 0 Å². The van der Waals surface area contributed by atoms with Crippen LogP contribution in [-0.4, -0.2) is 17.0 Å². The van der Waals surface area contributed by atoms with E-state index in [0.29, 0.717) is 0 Å². The molecule has 2 aromatic rings. The Kier molecular flexibility index (Phi) is 4.16. The van der Waals surface area contributed by atoms with Crippen LogP contribution in [0.15, 0.2) is 26.7 Å². The lowest BCUT2D eigenvalue weighted by molar-refractivity contribution is 0.538. The second-order valence-corrected chi connectivity index (χ2v) is 7.60. The first-order valence-corrected chi connectivity index (χ1v) is 7.89. The van der Waals surface area contributed by atoms with Gasteiger partial charge < -0.3 is 5.32 Å². The van der Waals surface area contributed by atoms with Crippen LogP contribution in [0, 0.1) is 6.92 Å². The molecule has 19 heavy (non-hydrogen) atoms. The molecule has 2 rings (SSSR count). The zero-order valence-electron chi connectivity index (χ0n) is 11.9. The zero-order valence-corrected chi connectivity index (χ0v) is 13.6. The van der Waals surface area contributed by atoms with Gasteiger partial charge in [-0.15, -0.1) is 11.3 Å². The fourth-order valence-corrected chi connectivity index (χ4v) is 3.35. The molecule has 3 nitrogen and oxygen atoms in total. The molecular formula is C14H19N3S2. The maximum Gasteiger partial charge on any atom is 0.137 e. The number of anilines is 1. The van der Waals surface area contributed by atoms with Crippen LogP contribution in [0.4, 0.5) is 5.82 Å². The van der Waals surface area contributed by atoms with Crippen LogP contribution in [0.5, 0.6) is 0 Å². The molecule has 0 aliphatic carbocycles. The molecular weight excluding hydrogens is 274 g/mol. The Labute approximate surface area is 122 Å². The summed E-state index contributed by atoms with van der Waals surface area (Å²) in [6.45, 7) is 8.47. The van der Waals surface area contributed by atoms with E-state index < -0.39 is 0 Å². The van der Waals surface area contributed by atoms with E-state index in [2.05, 4.69) is 55.5 Å². The van der Waals surface area contributed by atoms with Crippen molar-refractivity contribution in [3.05, 3.63) is 28.9 Å². The fourth-order valence-electron chi connectivity index (χ4n) is 1.59. The van der Waals surface area contributed by atoms with E-state index >= 15 is 0 Å². The lowest BCUT2D eigenvalue weighted by Crippen LogP contribution is -2.18. The highest BCUT2D eigenvalue weighted by atomic mass is 32.2. The molecule has 102 valence electrons. The molecule has 0 amide bonds. The molecule has 0 radical (unpaired) electrons. The molecule has 0 unspecified atom stereocenters. The maximum absolute atomic E-state index is 4.75. The van der Waals surface area contributed by atoms with Gasteiger partial charge >= 0.3 is 0 Å². The van der Waals surface area contributed by atoms with Crippen molar-refractivity contribution in [3.8, 4) is 0 Å². The summed E-state index contributed by atoms with van der Waals surface area (Å²) >= 11 is 3.44. The molecule has 0 aromatic carbocycles. The number of thiophene rings is 1. The van der Waals surface area contributed by atoms with E-state index in [-0.39, 0.29) is 5.41 Å². The van der Waals surface area contributed by atoms with Crippen molar-refractivity contribution in [2.45, 2.75) is 42.3 Å². The van der Waals surface area contributed by atoms with E-state index in [9.17, 15) is 0 Å². The molecule has 0 spiro atoms. The summed E-state index contributed by atoms with van der Waals surface area (Å²) in [6.07, 6.45) is 0. The summed E-state index contributed by atoms with van der Waals surface area (Å²) in [5.74, 6) is 1.79. The summed E-state index contributed by atoms with van der Waals surface area (Å²) in [6, 6.07) is 4.18. The summed E-state index contributed by atoms with van der Waals surface area (Å²) in [7, 11) is 1.90. The first kappa shape index (κ1) is 14.3. The van der Waals surface area contributed by atoms with E-state index in [1.165, 1.54) is 4.21 Å². The molecule has 2 aromatic heterocycles. The molecule has 0 fully saturated rings. The third-order valence-electron chi connectivity index (χ3n) is 2.70. The Morgan fingerprint density at radius 3 is 2.53 bits per heavy atom. The van der Waals surface area contributed by atoms with Gasteiger partial charge in [0.15, 0.2) is 0 Å². The quantitative estimate of drug-likeness (QED) is 0.854. The van der Waals surface area contributed by atoms with E-state index in [1.54, 1.807) is 23.1 Å². The second-order valence-electron chi connectivity index (χ2n) is 5.36. The number of nitrogens with zero attached hydrogens (tertiary/aromatic N) is 2. The highest BCUT2D eigenvalue weighted by molar-refractivity contribution is 8.01. The van der Waals surface area contributed by atoms with Crippen molar-refractivity contribution in [1.82, 2.24) is 9.97 Å². The van der Waals surface area contributed by atoms with E-state index in [1.807, 2.05) is 7.05 Å². The number of hydrogen-bond donors (Lipinski definition) is 1. The van der Waals surface area contributed by atoms with Crippen molar-refractivity contribution in [3.63, 3.8) is 0 Å². The van der Waals surface area contributed by atoms with Gasteiger partial charge in [-0.1, -0.05) is 38.6 Å². The molecule has 2 heterocycles. The van der Waals surface area contributed by atoms with Crippen LogP contribution in [0.2, 0.25) is 0 Å². The van der Waals surface area contributed by atoms with Gasteiger partial charge in [0.05, 0.1) is 4.21 Å². The monoisotopic (exact) mass is 293 g/mol. The van der Waals surface area contributed by atoms with Crippen LogP contribution in [-0.2, 0) is 5.41 Å². The summed E-state index contributed by atoms with van der Waals surface area (Å²) in [4.78, 5) is 9.37. The van der Waals surface area contributed by atoms with Crippen molar-refractivity contribution in [2.75, 3.05) is 12.4 Å². The number of rotatable bonds is 3. The van der Waals surface area contributed by atoms with Crippen LogP contribution in [0.3, 0.4) is 0 Å². The van der Waals surface area contributed by atoms with Crippen LogP contribution >= 0.6 is 23.1 Å². The minimum atomic E-state index is -0.0515. The molecule has 0 aliphatic rings. The topological polar surface area (TPSA) is 37.8 Å². The van der Waals surface area contributed by atoms with Gasteiger partial charge in [-0.05, 0) is 18.4 Å². The van der Waals surface area contributed by atoms with Gasteiger partial charge in [-0.25, -0.2) is 9.97 Å². The second kappa shape index (κ2) is 5.51. The van der Waals surface area contributed by atoms with Gasteiger partial charge in [0, 0.05) is 18.0 Å². The molecule has 5 heteroatoms. The predicted molar refractivity (Wildman–Crippen MR) is 83.5 cm³/mol. The summed E-state index contributed by atoms with van der Waals surface area (Å²) in [5.41, 5.74) is 1.05. The van der Waals surface area contributed by atoms with Crippen LogP contribution < -0.4 is 5.32 Å². The molecule has 1 N–H and O–H groups in total. The first-order valence-electron chi connectivity index (χ1n) is 6.20. The van der Waals surface area contributed by atoms with Gasteiger partial charge in [0.25, 0.3) is 0 Å². The van der Waals surface area contributed by atoms with E-state index in [4.69, 9.17) is 4.98 Å². The zero-order chi connectivity index (χ0) is 14.0. The number of nitrogens with one attached hydrogen (secondary N) is 1. The van der Waals surface area contributed by atoms with Crippen molar-refractivity contribution in [1.29, 1.82) is 0 Å². The molecule has 0 atom stereocenters. The minimum Gasteiger partial charge on any atom is -0.373 e. The Morgan fingerprint density at radius 1 is 1.26 bits per heavy atom.